The van der Waals surface area contributed by atoms with Crippen LogP contribution in [-0.2, 0) is 0 Å². The molecule has 1 aromatic heterocycles. The largest absolute Gasteiger partial charge is 0.497 e. The average Bonchev–Trinajstić information content (AvgIpc) is 2.73. The second-order valence-corrected chi connectivity index (χ2v) is 8.53. The minimum atomic E-state index is 0.570. The van der Waals surface area contributed by atoms with Gasteiger partial charge in [-0.2, -0.15) is 5.26 Å². The van der Waals surface area contributed by atoms with Gasteiger partial charge in [0.1, 0.15) is 17.4 Å². The number of nitrogens with zero attached hydrogens (tertiary/aromatic N) is 4. The monoisotopic (exact) mass is 396 g/mol. The number of hydrogen-bond acceptors (Lipinski definition) is 6. The van der Waals surface area contributed by atoms with Crippen LogP contribution in [0.3, 0.4) is 0 Å². The van der Waals surface area contributed by atoms with Gasteiger partial charge in [0.05, 0.1) is 12.8 Å². The molecule has 3 rings (SSSR count). The Labute approximate surface area is 172 Å². The molecule has 0 atom stereocenters. The van der Waals surface area contributed by atoms with Gasteiger partial charge in [0.25, 0.3) is 0 Å². The predicted molar refractivity (Wildman–Crippen MR) is 115 cm³/mol. The van der Waals surface area contributed by atoms with Crippen LogP contribution in [0.25, 0.3) is 11.3 Å². The Hall–Kier alpha value is -2.26. The molecule has 6 heteroatoms. The summed E-state index contributed by atoms with van der Waals surface area (Å²) in [5.41, 5.74) is 2.21. The van der Waals surface area contributed by atoms with E-state index < -0.39 is 0 Å². The number of nitriles is 1. The van der Waals surface area contributed by atoms with E-state index in [4.69, 9.17) is 14.7 Å². The molecule has 0 unspecified atom stereocenters. The number of rotatable bonds is 7. The van der Waals surface area contributed by atoms with Gasteiger partial charge < -0.3 is 9.64 Å². The van der Waals surface area contributed by atoms with Crippen molar-refractivity contribution in [1.29, 1.82) is 5.26 Å². The van der Waals surface area contributed by atoms with Crippen molar-refractivity contribution < 1.29 is 4.74 Å². The summed E-state index contributed by atoms with van der Waals surface area (Å²) in [4.78, 5) is 11.9. The van der Waals surface area contributed by atoms with Crippen LogP contribution in [0.5, 0.6) is 5.75 Å². The zero-order chi connectivity index (χ0) is 19.9. The normalized spacial score (nSPS) is 14.2. The Bertz CT molecular complexity index is 824. The zero-order valence-corrected chi connectivity index (χ0v) is 17.8. The molecule has 28 heavy (non-hydrogen) atoms. The van der Waals surface area contributed by atoms with Crippen LogP contribution < -0.4 is 9.64 Å². The molecule has 1 saturated heterocycles. The summed E-state index contributed by atoms with van der Waals surface area (Å²) in [5, 5.41) is 10.7. The van der Waals surface area contributed by atoms with E-state index in [9.17, 15) is 5.26 Å². The highest BCUT2D eigenvalue weighted by Gasteiger charge is 2.22. The average molecular weight is 397 g/mol. The van der Waals surface area contributed by atoms with Crippen molar-refractivity contribution in [1.82, 2.24) is 9.97 Å². The van der Waals surface area contributed by atoms with Crippen LogP contribution in [0.1, 0.15) is 45.1 Å². The van der Waals surface area contributed by atoms with Crippen molar-refractivity contribution in [3.05, 3.63) is 29.8 Å². The summed E-state index contributed by atoms with van der Waals surface area (Å²) in [5.74, 6) is 3.20. The fourth-order valence-corrected chi connectivity index (χ4v) is 4.35. The first-order valence-electron chi connectivity index (χ1n) is 9.96. The van der Waals surface area contributed by atoms with Gasteiger partial charge in [-0.15, -0.1) is 0 Å². The number of methoxy groups -OCH3 is 1. The molecule has 0 radical (unpaired) electrons. The van der Waals surface area contributed by atoms with E-state index in [2.05, 4.69) is 24.8 Å². The summed E-state index contributed by atoms with van der Waals surface area (Å²) >= 11 is 1.68. The minimum Gasteiger partial charge on any atom is -0.497 e. The fraction of sp³-hybridized carbons (Fsp3) is 0.500. The molecular weight excluding hydrogens is 368 g/mol. The molecule has 0 aliphatic carbocycles. The van der Waals surface area contributed by atoms with E-state index in [0.29, 0.717) is 17.2 Å². The Morgan fingerprint density at radius 1 is 1.14 bits per heavy atom. The van der Waals surface area contributed by atoms with Crippen molar-refractivity contribution in [3.63, 3.8) is 0 Å². The Morgan fingerprint density at radius 2 is 1.86 bits per heavy atom. The van der Waals surface area contributed by atoms with E-state index in [1.165, 1.54) is 6.42 Å². The van der Waals surface area contributed by atoms with Crippen LogP contribution in [0.4, 0.5) is 5.82 Å². The number of benzene rings is 1. The summed E-state index contributed by atoms with van der Waals surface area (Å²) < 4.78 is 5.27. The van der Waals surface area contributed by atoms with Gasteiger partial charge >= 0.3 is 0 Å². The summed E-state index contributed by atoms with van der Waals surface area (Å²) in [6.45, 7) is 6.35. The Morgan fingerprint density at radius 3 is 2.46 bits per heavy atom. The molecule has 0 saturated carbocycles. The third kappa shape index (κ3) is 4.96. The summed E-state index contributed by atoms with van der Waals surface area (Å²) in [6, 6.07) is 10.1. The second-order valence-electron chi connectivity index (χ2n) is 7.47. The molecular formula is C22H28N4OS. The lowest BCUT2D eigenvalue weighted by Gasteiger charge is -2.29. The van der Waals surface area contributed by atoms with Crippen LogP contribution >= 0.6 is 11.8 Å². The number of ether oxygens (including phenoxy) is 1. The number of thioether (sulfide) groups is 1. The predicted octanol–water partition coefficient (Wildman–Crippen LogP) is 5.15. The molecule has 0 bridgehead atoms. The number of aromatic nitrogens is 2. The van der Waals surface area contributed by atoms with Crippen molar-refractivity contribution in [2.24, 2.45) is 5.92 Å². The van der Waals surface area contributed by atoms with Gasteiger partial charge in [-0.1, -0.05) is 25.6 Å². The van der Waals surface area contributed by atoms with E-state index >= 15 is 0 Å². The number of piperidine rings is 1. The van der Waals surface area contributed by atoms with Gasteiger partial charge in [-0.3, -0.25) is 0 Å². The van der Waals surface area contributed by atoms with E-state index in [0.717, 1.165) is 60.4 Å². The van der Waals surface area contributed by atoms with E-state index in [1.54, 1.807) is 18.9 Å². The third-order valence-electron chi connectivity index (χ3n) is 4.93. The van der Waals surface area contributed by atoms with E-state index in [-0.39, 0.29) is 0 Å². The van der Waals surface area contributed by atoms with Gasteiger partial charge in [0.15, 0.2) is 11.0 Å². The highest BCUT2D eigenvalue weighted by atomic mass is 32.2. The smallest absolute Gasteiger partial charge is 0.190 e. The molecule has 148 valence electrons. The fourth-order valence-electron chi connectivity index (χ4n) is 3.27. The summed E-state index contributed by atoms with van der Waals surface area (Å²) in [6.07, 6.45) is 4.64. The van der Waals surface area contributed by atoms with E-state index in [1.807, 2.05) is 24.3 Å². The topological polar surface area (TPSA) is 62.0 Å². The molecule has 0 N–H and O–H groups in total. The first-order valence-corrected chi connectivity index (χ1v) is 10.9. The quantitative estimate of drug-likeness (QED) is 0.476. The van der Waals surface area contributed by atoms with Crippen molar-refractivity contribution in [3.8, 4) is 23.1 Å². The van der Waals surface area contributed by atoms with Gasteiger partial charge in [-0.05, 0) is 55.9 Å². The van der Waals surface area contributed by atoms with Crippen molar-refractivity contribution in [2.75, 3.05) is 30.9 Å². The van der Waals surface area contributed by atoms with Gasteiger partial charge in [0, 0.05) is 24.4 Å². The lowest BCUT2D eigenvalue weighted by atomic mass is 10.1. The third-order valence-corrected chi connectivity index (χ3v) is 5.81. The zero-order valence-electron chi connectivity index (χ0n) is 16.9. The minimum absolute atomic E-state index is 0.570. The maximum Gasteiger partial charge on any atom is 0.190 e. The lowest BCUT2D eigenvalue weighted by molar-refractivity contribution is 0.415. The van der Waals surface area contributed by atoms with Crippen LogP contribution in [0, 0.1) is 17.2 Å². The molecule has 1 fully saturated rings. The molecule has 2 heterocycles. The van der Waals surface area contributed by atoms with Gasteiger partial charge in [0.2, 0.25) is 0 Å². The molecule has 1 aromatic carbocycles. The standard InChI is InChI=1S/C22H28N4OS/c1-16(2)11-14-28-22-24-20(17-7-9-18(27-3)10-8-17)19(15-23)21(25-22)26-12-5-4-6-13-26/h7-10,16H,4-6,11-14H2,1-3H3. The SMILES string of the molecule is COc1ccc(-c2nc(SCCC(C)C)nc(N3CCCCC3)c2C#N)cc1. The maximum atomic E-state index is 9.94. The molecule has 0 spiro atoms. The number of hydrogen-bond donors (Lipinski definition) is 0. The summed E-state index contributed by atoms with van der Waals surface area (Å²) in [7, 11) is 1.65. The first kappa shape index (κ1) is 20.5. The van der Waals surface area contributed by atoms with Gasteiger partial charge in [-0.25, -0.2) is 9.97 Å². The molecule has 0 amide bonds. The molecule has 1 aliphatic heterocycles. The molecule has 1 aliphatic rings. The number of anilines is 1. The second kappa shape index (κ2) is 9.79. The first-order chi connectivity index (χ1) is 13.6. The van der Waals surface area contributed by atoms with Crippen LogP contribution in [-0.4, -0.2) is 35.9 Å². The Balaban J connectivity index is 2.02. The van der Waals surface area contributed by atoms with Crippen molar-refractivity contribution >= 4 is 17.6 Å². The van der Waals surface area contributed by atoms with Crippen LogP contribution in [0.2, 0.25) is 0 Å². The highest BCUT2D eigenvalue weighted by Crippen LogP contribution is 2.33. The maximum absolute atomic E-state index is 9.94. The lowest BCUT2D eigenvalue weighted by Crippen LogP contribution is -2.31. The van der Waals surface area contributed by atoms with Crippen LogP contribution in [0.15, 0.2) is 29.4 Å². The highest BCUT2D eigenvalue weighted by molar-refractivity contribution is 7.99. The Kier molecular flexibility index (Phi) is 7.16. The van der Waals surface area contributed by atoms with Crippen molar-refractivity contribution in [2.45, 2.75) is 44.7 Å². The molecule has 5 nitrogen and oxygen atoms in total. The molecule has 2 aromatic rings.